The van der Waals surface area contributed by atoms with E-state index in [0.717, 1.165) is 41.1 Å². The molecule has 4 rings (SSSR count). The highest BCUT2D eigenvalue weighted by Crippen LogP contribution is 2.33. The van der Waals surface area contributed by atoms with Crippen molar-refractivity contribution in [1.82, 2.24) is 0 Å². The van der Waals surface area contributed by atoms with E-state index in [0.29, 0.717) is 5.02 Å². The molecule has 2 aromatic carbocycles. The molecule has 0 unspecified atom stereocenters. The number of aliphatic imine (C=N–C) groups is 1. The number of carbonyl (C=O) groups is 1. The summed E-state index contributed by atoms with van der Waals surface area (Å²) in [6, 6.07) is 18.8. The molecule has 1 amide bonds. The van der Waals surface area contributed by atoms with Crippen LogP contribution in [0.4, 0.5) is 5.00 Å². The van der Waals surface area contributed by atoms with Crippen LogP contribution in [-0.2, 0) is 24.1 Å². The standard InChI is InChI=1S/C25H25ClN2OS/c1-2-3-4-17-5-7-18(8-6-17)9-14-21-15-22-24(19-10-12-20(26)13-11-19)27-16-23(29)28-25(22)30-21/h5-8,10-13,15H,2-4,9,14,16H2,1H3,(H,28,29). The molecule has 1 aromatic heterocycles. The van der Waals surface area contributed by atoms with Crippen molar-refractivity contribution in [2.24, 2.45) is 4.99 Å². The van der Waals surface area contributed by atoms with Gasteiger partial charge in [-0.1, -0.05) is 61.3 Å². The average molecular weight is 437 g/mol. The minimum atomic E-state index is -0.0729. The zero-order valence-corrected chi connectivity index (χ0v) is 18.7. The van der Waals surface area contributed by atoms with E-state index >= 15 is 0 Å². The Labute approximate surface area is 186 Å². The molecule has 3 nitrogen and oxygen atoms in total. The Bertz CT molecular complexity index is 1050. The van der Waals surface area contributed by atoms with Gasteiger partial charge in [0.25, 0.3) is 0 Å². The number of amides is 1. The van der Waals surface area contributed by atoms with Gasteiger partial charge in [0.15, 0.2) is 0 Å². The van der Waals surface area contributed by atoms with E-state index in [2.05, 4.69) is 47.6 Å². The van der Waals surface area contributed by atoms with Gasteiger partial charge in [-0.3, -0.25) is 9.79 Å². The SMILES string of the molecule is CCCCc1ccc(CCc2cc3c(s2)NC(=O)CN=C3c2ccc(Cl)cc2)cc1. The summed E-state index contributed by atoms with van der Waals surface area (Å²) in [5.74, 6) is -0.0729. The summed E-state index contributed by atoms with van der Waals surface area (Å²) in [7, 11) is 0. The molecule has 2 heterocycles. The summed E-state index contributed by atoms with van der Waals surface area (Å²) < 4.78 is 0. The maximum Gasteiger partial charge on any atom is 0.246 e. The Hall–Kier alpha value is -2.43. The predicted octanol–water partition coefficient (Wildman–Crippen LogP) is 6.32. The summed E-state index contributed by atoms with van der Waals surface area (Å²) >= 11 is 7.69. The zero-order chi connectivity index (χ0) is 20.9. The van der Waals surface area contributed by atoms with Crippen molar-refractivity contribution in [2.75, 3.05) is 11.9 Å². The number of halogens is 1. The van der Waals surface area contributed by atoms with Crippen LogP contribution in [0.1, 0.15) is 46.9 Å². The number of anilines is 1. The quantitative estimate of drug-likeness (QED) is 0.462. The Morgan fingerprint density at radius 3 is 2.40 bits per heavy atom. The molecule has 3 aromatic rings. The molecule has 0 aliphatic carbocycles. The van der Waals surface area contributed by atoms with Gasteiger partial charge in [-0.15, -0.1) is 11.3 Å². The maximum atomic E-state index is 12.1. The first-order valence-electron chi connectivity index (χ1n) is 10.4. The highest BCUT2D eigenvalue weighted by molar-refractivity contribution is 7.16. The third-order valence-corrected chi connectivity index (χ3v) is 6.65. The van der Waals surface area contributed by atoms with Crippen molar-refractivity contribution in [3.63, 3.8) is 0 Å². The normalized spacial score (nSPS) is 13.4. The molecule has 5 heteroatoms. The number of rotatable bonds is 7. The van der Waals surface area contributed by atoms with E-state index in [1.54, 1.807) is 11.3 Å². The molecule has 0 atom stereocenters. The molecule has 0 bridgehead atoms. The molecule has 30 heavy (non-hydrogen) atoms. The first-order chi connectivity index (χ1) is 14.6. The lowest BCUT2D eigenvalue weighted by molar-refractivity contribution is -0.114. The van der Waals surface area contributed by atoms with Crippen LogP contribution in [0, 0.1) is 0 Å². The molecular formula is C25H25ClN2OS. The lowest BCUT2D eigenvalue weighted by Crippen LogP contribution is -2.12. The van der Waals surface area contributed by atoms with E-state index in [1.807, 2.05) is 24.3 Å². The van der Waals surface area contributed by atoms with Crippen LogP contribution in [0.2, 0.25) is 5.02 Å². The van der Waals surface area contributed by atoms with E-state index in [9.17, 15) is 4.79 Å². The highest BCUT2D eigenvalue weighted by Gasteiger charge is 2.21. The minimum Gasteiger partial charge on any atom is -0.316 e. The predicted molar refractivity (Wildman–Crippen MR) is 127 cm³/mol. The van der Waals surface area contributed by atoms with Crippen LogP contribution in [-0.4, -0.2) is 18.2 Å². The van der Waals surface area contributed by atoms with Crippen LogP contribution in [0.25, 0.3) is 0 Å². The van der Waals surface area contributed by atoms with Gasteiger partial charge in [-0.2, -0.15) is 0 Å². The van der Waals surface area contributed by atoms with Crippen molar-refractivity contribution in [3.05, 3.63) is 86.8 Å². The summed E-state index contributed by atoms with van der Waals surface area (Å²) in [4.78, 5) is 18.0. The Balaban J connectivity index is 1.51. The second-order valence-electron chi connectivity index (χ2n) is 7.60. The molecule has 0 fully saturated rings. The molecular weight excluding hydrogens is 412 g/mol. The Morgan fingerprint density at radius 1 is 1.00 bits per heavy atom. The number of hydrogen-bond acceptors (Lipinski definition) is 3. The fraction of sp³-hybridized carbons (Fsp3) is 0.280. The fourth-order valence-corrected chi connectivity index (χ4v) is 4.81. The van der Waals surface area contributed by atoms with E-state index in [-0.39, 0.29) is 12.5 Å². The van der Waals surface area contributed by atoms with Crippen LogP contribution in [0.3, 0.4) is 0 Å². The maximum absolute atomic E-state index is 12.1. The third-order valence-electron chi connectivity index (χ3n) is 5.29. The zero-order valence-electron chi connectivity index (χ0n) is 17.1. The van der Waals surface area contributed by atoms with Gasteiger partial charge in [0.05, 0.1) is 5.71 Å². The number of thiophene rings is 1. The van der Waals surface area contributed by atoms with Crippen LogP contribution in [0.15, 0.2) is 59.6 Å². The third kappa shape index (κ3) is 5.00. The monoisotopic (exact) mass is 436 g/mol. The molecule has 154 valence electrons. The van der Waals surface area contributed by atoms with Gasteiger partial charge in [-0.05, 0) is 55.0 Å². The molecule has 0 radical (unpaired) electrons. The lowest BCUT2D eigenvalue weighted by Gasteiger charge is -2.05. The number of aryl methyl sites for hydroxylation is 3. The molecule has 0 saturated heterocycles. The van der Waals surface area contributed by atoms with Gasteiger partial charge < -0.3 is 5.32 Å². The highest BCUT2D eigenvalue weighted by atomic mass is 35.5. The van der Waals surface area contributed by atoms with Crippen molar-refractivity contribution in [1.29, 1.82) is 0 Å². The topological polar surface area (TPSA) is 41.5 Å². The van der Waals surface area contributed by atoms with E-state index in [4.69, 9.17) is 11.6 Å². The number of carbonyl (C=O) groups excluding carboxylic acids is 1. The van der Waals surface area contributed by atoms with Crippen molar-refractivity contribution in [2.45, 2.75) is 39.0 Å². The largest absolute Gasteiger partial charge is 0.316 e. The number of fused-ring (bicyclic) bond motifs is 1. The summed E-state index contributed by atoms with van der Waals surface area (Å²) in [5.41, 5.74) is 5.58. The number of benzene rings is 2. The van der Waals surface area contributed by atoms with Crippen molar-refractivity contribution in [3.8, 4) is 0 Å². The smallest absolute Gasteiger partial charge is 0.246 e. The van der Waals surface area contributed by atoms with Crippen molar-refractivity contribution < 1.29 is 4.79 Å². The van der Waals surface area contributed by atoms with Crippen molar-refractivity contribution >= 4 is 39.6 Å². The first-order valence-corrected chi connectivity index (χ1v) is 11.6. The molecule has 1 aliphatic rings. The average Bonchev–Trinajstić information content (AvgIpc) is 3.08. The summed E-state index contributed by atoms with van der Waals surface area (Å²) in [6.45, 7) is 2.36. The first kappa shape index (κ1) is 20.8. The van der Waals surface area contributed by atoms with E-state index in [1.165, 1.54) is 28.8 Å². The molecule has 0 spiro atoms. The summed E-state index contributed by atoms with van der Waals surface area (Å²) in [5, 5.41) is 4.59. The number of hydrogen-bond donors (Lipinski definition) is 1. The van der Waals surface area contributed by atoms with E-state index < -0.39 is 0 Å². The summed E-state index contributed by atoms with van der Waals surface area (Å²) in [6.07, 6.45) is 5.54. The second-order valence-corrected chi connectivity index (χ2v) is 9.17. The number of nitrogens with one attached hydrogen (secondary N) is 1. The fourth-order valence-electron chi connectivity index (χ4n) is 3.61. The Morgan fingerprint density at radius 2 is 1.70 bits per heavy atom. The number of nitrogens with zero attached hydrogens (tertiary/aromatic N) is 1. The molecule has 0 saturated carbocycles. The minimum absolute atomic E-state index is 0.0729. The molecule has 1 N–H and O–H groups in total. The number of unbranched alkanes of at least 4 members (excludes halogenated alkanes) is 1. The van der Waals surface area contributed by atoms with Gasteiger partial charge >= 0.3 is 0 Å². The van der Waals surface area contributed by atoms with Crippen LogP contribution >= 0.6 is 22.9 Å². The lowest BCUT2D eigenvalue weighted by atomic mass is 10.0. The van der Waals surface area contributed by atoms with Gasteiger partial charge in [0.1, 0.15) is 11.5 Å². The molecule has 1 aliphatic heterocycles. The van der Waals surface area contributed by atoms with Gasteiger partial charge in [0, 0.05) is 21.0 Å². The van der Waals surface area contributed by atoms with Gasteiger partial charge in [0.2, 0.25) is 5.91 Å². The van der Waals surface area contributed by atoms with Crippen LogP contribution < -0.4 is 5.32 Å². The Kier molecular flexibility index (Phi) is 6.66. The van der Waals surface area contributed by atoms with Gasteiger partial charge in [-0.25, -0.2) is 0 Å². The van der Waals surface area contributed by atoms with Crippen LogP contribution in [0.5, 0.6) is 0 Å². The second kappa shape index (κ2) is 9.59.